The Balaban J connectivity index is 2.56. The maximum absolute atomic E-state index is 12.8. The number of ketones is 1. The molecule has 0 spiro atoms. The molecule has 2 aromatic carbocycles. The molecule has 0 aliphatic carbocycles. The van der Waals surface area contributed by atoms with Crippen LogP contribution in [0.2, 0.25) is 0 Å². The van der Waals surface area contributed by atoms with Crippen LogP contribution in [0.15, 0.2) is 36.4 Å². The molecule has 0 amide bonds. The zero-order valence-electron chi connectivity index (χ0n) is 11.0. The molecule has 0 heterocycles. The van der Waals surface area contributed by atoms with Crippen LogP contribution in [0.25, 0.3) is 10.8 Å². The molecule has 2 aromatic rings. The summed E-state index contributed by atoms with van der Waals surface area (Å²) in [6.45, 7) is 2.14. The Morgan fingerprint density at radius 2 is 1.60 bits per heavy atom. The first kappa shape index (κ1) is 14.5. The molecular weight excluding hydrogens is 269 g/mol. The molecule has 0 aromatic heterocycles. The summed E-state index contributed by atoms with van der Waals surface area (Å²) in [7, 11) is 0. The number of fused-ring (bicyclic) bond motifs is 1. The summed E-state index contributed by atoms with van der Waals surface area (Å²) < 4.78 is 38.4. The van der Waals surface area contributed by atoms with Crippen LogP contribution in [0.5, 0.6) is 0 Å². The standard InChI is InChI=1S/C15H13F3O2/c1-9(19)10-3-4-12-8-13(6-5-11(12)7-10)14(2,20)15(16,17)18/h3-8,20H,1-2H3. The Labute approximate surface area is 113 Å². The molecule has 0 bridgehead atoms. The minimum absolute atomic E-state index is 0.113. The Hall–Kier alpha value is -1.88. The van der Waals surface area contributed by atoms with Gasteiger partial charge in [-0.15, -0.1) is 0 Å². The molecular formula is C15H13F3O2. The maximum atomic E-state index is 12.8. The Bertz CT molecular complexity index is 672. The summed E-state index contributed by atoms with van der Waals surface area (Å²) in [4.78, 5) is 11.3. The first-order valence-corrected chi connectivity index (χ1v) is 5.97. The monoisotopic (exact) mass is 282 g/mol. The molecule has 1 atom stereocenters. The molecule has 0 fully saturated rings. The van der Waals surface area contributed by atoms with Gasteiger partial charge in [-0.1, -0.05) is 24.3 Å². The number of hydrogen-bond acceptors (Lipinski definition) is 2. The predicted molar refractivity (Wildman–Crippen MR) is 69.6 cm³/mol. The van der Waals surface area contributed by atoms with Gasteiger partial charge in [0, 0.05) is 5.56 Å². The van der Waals surface area contributed by atoms with E-state index < -0.39 is 11.8 Å². The van der Waals surface area contributed by atoms with Crippen molar-refractivity contribution in [2.45, 2.75) is 25.6 Å². The van der Waals surface area contributed by atoms with Gasteiger partial charge in [0.15, 0.2) is 11.4 Å². The van der Waals surface area contributed by atoms with Crippen molar-refractivity contribution in [1.29, 1.82) is 0 Å². The lowest BCUT2D eigenvalue weighted by Gasteiger charge is -2.27. The van der Waals surface area contributed by atoms with Crippen molar-refractivity contribution in [3.63, 3.8) is 0 Å². The molecule has 1 unspecified atom stereocenters. The number of benzene rings is 2. The topological polar surface area (TPSA) is 37.3 Å². The van der Waals surface area contributed by atoms with Crippen LogP contribution >= 0.6 is 0 Å². The Morgan fingerprint density at radius 1 is 1.05 bits per heavy atom. The number of aliphatic hydroxyl groups is 1. The number of alkyl halides is 3. The van der Waals surface area contributed by atoms with Crippen LogP contribution < -0.4 is 0 Å². The fraction of sp³-hybridized carbons (Fsp3) is 0.267. The van der Waals surface area contributed by atoms with E-state index in [1.807, 2.05) is 0 Å². The molecule has 0 aliphatic heterocycles. The minimum Gasteiger partial charge on any atom is -0.376 e. The second kappa shape index (κ2) is 4.59. The van der Waals surface area contributed by atoms with E-state index >= 15 is 0 Å². The van der Waals surface area contributed by atoms with Crippen LogP contribution in [0.4, 0.5) is 13.2 Å². The Kier molecular flexibility index (Phi) is 3.34. The number of carbonyl (C=O) groups is 1. The van der Waals surface area contributed by atoms with Gasteiger partial charge in [-0.05, 0) is 42.3 Å². The van der Waals surface area contributed by atoms with Crippen LogP contribution in [-0.4, -0.2) is 17.1 Å². The zero-order valence-corrected chi connectivity index (χ0v) is 11.0. The van der Waals surface area contributed by atoms with E-state index in [-0.39, 0.29) is 11.3 Å². The highest BCUT2D eigenvalue weighted by Crippen LogP contribution is 2.39. The van der Waals surface area contributed by atoms with Gasteiger partial charge in [0.1, 0.15) is 0 Å². The van der Waals surface area contributed by atoms with Gasteiger partial charge in [-0.2, -0.15) is 13.2 Å². The van der Waals surface area contributed by atoms with Gasteiger partial charge in [0.05, 0.1) is 0 Å². The van der Waals surface area contributed by atoms with Crippen molar-refractivity contribution >= 4 is 16.6 Å². The van der Waals surface area contributed by atoms with Crippen LogP contribution in [0.1, 0.15) is 29.8 Å². The van der Waals surface area contributed by atoms with E-state index in [1.165, 1.54) is 25.1 Å². The third-order valence-corrected chi connectivity index (χ3v) is 3.36. The summed E-state index contributed by atoms with van der Waals surface area (Å²) in [5.41, 5.74) is -2.64. The first-order chi connectivity index (χ1) is 9.13. The lowest BCUT2D eigenvalue weighted by atomic mass is 9.92. The second-order valence-corrected chi connectivity index (χ2v) is 4.90. The smallest absolute Gasteiger partial charge is 0.376 e. The average Bonchev–Trinajstić information content (AvgIpc) is 2.36. The van der Waals surface area contributed by atoms with Crippen LogP contribution in [-0.2, 0) is 5.60 Å². The van der Waals surface area contributed by atoms with Gasteiger partial charge < -0.3 is 5.11 Å². The first-order valence-electron chi connectivity index (χ1n) is 5.97. The predicted octanol–water partition coefficient (Wildman–Crippen LogP) is 3.81. The molecule has 0 saturated carbocycles. The maximum Gasteiger partial charge on any atom is 0.421 e. The lowest BCUT2D eigenvalue weighted by molar-refractivity contribution is -0.258. The van der Waals surface area contributed by atoms with Gasteiger partial charge in [-0.25, -0.2) is 0 Å². The van der Waals surface area contributed by atoms with Crippen molar-refractivity contribution in [3.05, 3.63) is 47.5 Å². The van der Waals surface area contributed by atoms with E-state index in [2.05, 4.69) is 0 Å². The zero-order chi connectivity index (χ0) is 15.1. The minimum atomic E-state index is -4.75. The quantitative estimate of drug-likeness (QED) is 0.850. The number of halogens is 3. The van der Waals surface area contributed by atoms with E-state index in [0.29, 0.717) is 16.3 Å². The van der Waals surface area contributed by atoms with E-state index in [4.69, 9.17) is 0 Å². The summed E-state index contributed by atoms with van der Waals surface area (Å²) in [5.74, 6) is -0.113. The summed E-state index contributed by atoms with van der Waals surface area (Å²) >= 11 is 0. The molecule has 0 saturated heterocycles. The van der Waals surface area contributed by atoms with Crippen LogP contribution in [0.3, 0.4) is 0 Å². The Morgan fingerprint density at radius 3 is 2.15 bits per heavy atom. The fourth-order valence-electron chi connectivity index (χ4n) is 1.93. The third kappa shape index (κ3) is 2.41. The summed E-state index contributed by atoms with van der Waals surface area (Å²) in [6.07, 6.45) is -4.75. The van der Waals surface area contributed by atoms with Crippen molar-refractivity contribution < 1.29 is 23.1 Å². The summed E-state index contributed by atoms with van der Waals surface area (Å²) in [5, 5.41) is 10.8. The van der Waals surface area contributed by atoms with Crippen molar-refractivity contribution in [3.8, 4) is 0 Å². The van der Waals surface area contributed by atoms with Gasteiger partial charge in [0.2, 0.25) is 0 Å². The number of hydrogen-bond donors (Lipinski definition) is 1. The van der Waals surface area contributed by atoms with Gasteiger partial charge in [-0.3, -0.25) is 4.79 Å². The highest BCUT2D eigenvalue weighted by Gasteiger charge is 2.51. The highest BCUT2D eigenvalue weighted by molar-refractivity contribution is 5.98. The van der Waals surface area contributed by atoms with E-state index in [9.17, 15) is 23.1 Å². The highest BCUT2D eigenvalue weighted by atomic mass is 19.4. The van der Waals surface area contributed by atoms with E-state index in [1.54, 1.807) is 18.2 Å². The summed E-state index contributed by atoms with van der Waals surface area (Å²) in [6, 6.07) is 8.71. The largest absolute Gasteiger partial charge is 0.421 e. The third-order valence-electron chi connectivity index (χ3n) is 3.36. The fourth-order valence-corrected chi connectivity index (χ4v) is 1.93. The number of carbonyl (C=O) groups excluding carboxylic acids is 1. The molecule has 5 heteroatoms. The van der Waals surface area contributed by atoms with Crippen molar-refractivity contribution in [1.82, 2.24) is 0 Å². The lowest BCUT2D eigenvalue weighted by Crippen LogP contribution is -2.39. The molecule has 20 heavy (non-hydrogen) atoms. The normalized spacial score (nSPS) is 15.1. The molecule has 2 nitrogen and oxygen atoms in total. The number of Topliss-reactive ketones (excluding diaryl/α,β-unsaturated/α-hetero) is 1. The molecule has 106 valence electrons. The molecule has 0 aliphatic rings. The van der Waals surface area contributed by atoms with Crippen molar-refractivity contribution in [2.24, 2.45) is 0 Å². The SMILES string of the molecule is CC(=O)c1ccc2cc(C(C)(O)C(F)(F)F)ccc2c1. The molecule has 0 radical (unpaired) electrons. The second-order valence-electron chi connectivity index (χ2n) is 4.90. The molecule has 2 rings (SSSR count). The van der Waals surface area contributed by atoms with Gasteiger partial charge >= 0.3 is 6.18 Å². The molecule has 1 N–H and O–H groups in total. The van der Waals surface area contributed by atoms with E-state index in [0.717, 1.165) is 6.92 Å². The van der Waals surface area contributed by atoms with Crippen LogP contribution in [0, 0.1) is 0 Å². The van der Waals surface area contributed by atoms with Crippen molar-refractivity contribution in [2.75, 3.05) is 0 Å². The average molecular weight is 282 g/mol. The van der Waals surface area contributed by atoms with Gasteiger partial charge in [0.25, 0.3) is 0 Å². The number of rotatable bonds is 2.